The van der Waals surface area contributed by atoms with Gasteiger partial charge >= 0.3 is 6.18 Å². The zero-order chi connectivity index (χ0) is 21.0. The molecule has 0 atom stereocenters. The molecule has 1 aromatic heterocycles. The number of benzene rings is 2. The molecule has 1 amide bonds. The number of para-hydroxylation sites is 1. The highest BCUT2D eigenvalue weighted by Gasteiger charge is 2.30. The number of nitrogens with one attached hydrogen (secondary N) is 2. The molecule has 0 saturated carbocycles. The fraction of sp³-hybridized carbons (Fsp3) is 0.238. The van der Waals surface area contributed by atoms with Crippen LogP contribution in [0.25, 0.3) is 10.9 Å². The third kappa shape index (κ3) is 5.03. The van der Waals surface area contributed by atoms with E-state index < -0.39 is 11.7 Å². The van der Waals surface area contributed by atoms with E-state index in [4.69, 9.17) is 0 Å². The van der Waals surface area contributed by atoms with Crippen molar-refractivity contribution >= 4 is 28.2 Å². The lowest BCUT2D eigenvalue weighted by Gasteiger charge is -2.15. The minimum Gasteiger partial charge on any atom is -0.354 e. The second-order valence-electron chi connectivity index (χ2n) is 6.82. The molecule has 0 radical (unpaired) electrons. The Balaban J connectivity index is 1.89. The first-order chi connectivity index (χ1) is 13.8. The maximum atomic E-state index is 13.0. The van der Waals surface area contributed by atoms with Crippen molar-refractivity contribution in [3.05, 3.63) is 65.9 Å². The molecule has 0 aliphatic carbocycles. The largest absolute Gasteiger partial charge is 0.416 e. The first-order valence-corrected chi connectivity index (χ1v) is 9.00. The maximum absolute atomic E-state index is 13.0. The van der Waals surface area contributed by atoms with E-state index in [2.05, 4.69) is 15.6 Å². The van der Waals surface area contributed by atoms with Crippen LogP contribution in [0.1, 0.15) is 15.9 Å². The standard InChI is InChI=1S/C21H21F3N4O/c1-28(2)12-11-26-20(29)16-5-3-4-6-17(16)27-18-9-10-25-19-13-14(21(22,23)24)7-8-15(18)19/h3-10,13H,11-12H2,1-2H3,(H,25,27)(H,26,29). The van der Waals surface area contributed by atoms with Crippen LogP contribution in [0.15, 0.2) is 54.7 Å². The number of anilines is 2. The molecule has 0 spiro atoms. The van der Waals surface area contributed by atoms with Crippen LogP contribution in [0, 0.1) is 0 Å². The molecule has 0 aliphatic rings. The molecule has 152 valence electrons. The topological polar surface area (TPSA) is 57.3 Å². The lowest BCUT2D eigenvalue weighted by Crippen LogP contribution is -2.31. The lowest BCUT2D eigenvalue weighted by molar-refractivity contribution is -0.137. The summed E-state index contributed by atoms with van der Waals surface area (Å²) < 4.78 is 38.9. The van der Waals surface area contributed by atoms with Gasteiger partial charge < -0.3 is 15.5 Å². The number of carbonyl (C=O) groups is 1. The molecule has 3 rings (SSSR count). The van der Waals surface area contributed by atoms with Crippen molar-refractivity contribution in [2.75, 3.05) is 32.5 Å². The first kappa shape index (κ1) is 20.6. The molecule has 2 N–H and O–H groups in total. The summed E-state index contributed by atoms with van der Waals surface area (Å²) in [7, 11) is 3.83. The summed E-state index contributed by atoms with van der Waals surface area (Å²) in [5, 5.41) is 6.55. The SMILES string of the molecule is CN(C)CCNC(=O)c1ccccc1Nc1ccnc2cc(C(F)(F)F)ccc12. The van der Waals surface area contributed by atoms with Gasteiger partial charge in [0.1, 0.15) is 0 Å². The van der Waals surface area contributed by atoms with Crippen molar-refractivity contribution in [1.82, 2.24) is 15.2 Å². The summed E-state index contributed by atoms with van der Waals surface area (Å²) in [4.78, 5) is 18.6. The molecule has 5 nitrogen and oxygen atoms in total. The number of hydrogen-bond acceptors (Lipinski definition) is 4. The van der Waals surface area contributed by atoms with E-state index in [1.807, 2.05) is 19.0 Å². The number of rotatable bonds is 6. The van der Waals surface area contributed by atoms with Crippen molar-refractivity contribution < 1.29 is 18.0 Å². The molecule has 0 aliphatic heterocycles. The molecule has 3 aromatic rings. The van der Waals surface area contributed by atoms with Crippen LogP contribution in [0.4, 0.5) is 24.5 Å². The Morgan fingerprint density at radius 1 is 1.07 bits per heavy atom. The van der Waals surface area contributed by atoms with Gasteiger partial charge in [-0.15, -0.1) is 0 Å². The number of amides is 1. The molecule has 0 bridgehead atoms. The summed E-state index contributed by atoms with van der Waals surface area (Å²) in [5.41, 5.74) is 1.04. The smallest absolute Gasteiger partial charge is 0.354 e. The summed E-state index contributed by atoms with van der Waals surface area (Å²) in [6.45, 7) is 1.20. The number of likely N-dealkylation sites (N-methyl/N-ethyl adjacent to an activating group) is 1. The van der Waals surface area contributed by atoms with Gasteiger partial charge in [0.05, 0.1) is 22.3 Å². The minimum atomic E-state index is -4.43. The average molecular weight is 402 g/mol. The molecule has 8 heteroatoms. The van der Waals surface area contributed by atoms with Crippen molar-refractivity contribution in [2.45, 2.75) is 6.18 Å². The Hall–Kier alpha value is -3.13. The summed E-state index contributed by atoms with van der Waals surface area (Å²) in [6, 6.07) is 12.1. The highest BCUT2D eigenvalue weighted by Crippen LogP contribution is 2.33. The average Bonchev–Trinajstić information content (AvgIpc) is 2.67. The number of carbonyl (C=O) groups excluding carboxylic acids is 1. The number of hydrogen-bond donors (Lipinski definition) is 2. The highest BCUT2D eigenvalue weighted by atomic mass is 19.4. The van der Waals surface area contributed by atoms with Gasteiger partial charge in [0.15, 0.2) is 0 Å². The van der Waals surface area contributed by atoms with Gasteiger partial charge in [0.2, 0.25) is 0 Å². The van der Waals surface area contributed by atoms with Gasteiger partial charge in [-0.3, -0.25) is 9.78 Å². The molecule has 2 aromatic carbocycles. The third-order valence-corrected chi connectivity index (χ3v) is 4.36. The Bertz CT molecular complexity index is 1020. The van der Waals surface area contributed by atoms with E-state index in [1.165, 1.54) is 12.3 Å². The Morgan fingerprint density at radius 3 is 2.55 bits per heavy atom. The van der Waals surface area contributed by atoms with Crippen LogP contribution in [-0.4, -0.2) is 43.0 Å². The molecular formula is C21H21F3N4O. The van der Waals surface area contributed by atoms with Gasteiger partial charge in [-0.05, 0) is 44.4 Å². The van der Waals surface area contributed by atoms with E-state index in [1.54, 1.807) is 30.3 Å². The van der Waals surface area contributed by atoms with Gasteiger partial charge in [-0.25, -0.2) is 0 Å². The molecular weight excluding hydrogens is 381 g/mol. The number of nitrogens with zero attached hydrogens (tertiary/aromatic N) is 2. The second-order valence-corrected chi connectivity index (χ2v) is 6.82. The zero-order valence-electron chi connectivity index (χ0n) is 16.0. The van der Waals surface area contributed by atoms with Crippen LogP contribution in [0.3, 0.4) is 0 Å². The summed E-state index contributed by atoms with van der Waals surface area (Å²) in [6.07, 6.45) is -3.00. The Labute approximate surface area is 166 Å². The lowest BCUT2D eigenvalue weighted by atomic mass is 10.1. The number of alkyl halides is 3. The zero-order valence-corrected chi connectivity index (χ0v) is 16.0. The Kier molecular flexibility index (Phi) is 6.03. The summed E-state index contributed by atoms with van der Waals surface area (Å²) >= 11 is 0. The second kappa shape index (κ2) is 8.48. The first-order valence-electron chi connectivity index (χ1n) is 9.00. The number of fused-ring (bicyclic) bond motifs is 1. The van der Waals surface area contributed by atoms with Crippen LogP contribution in [-0.2, 0) is 6.18 Å². The van der Waals surface area contributed by atoms with Crippen molar-refractivity contribution in [3.8, 4) is 0 Å². The quantitative estimate of drug-likeness (QED) is 0.646. The highest BCUT2D eigenvalue weighted by molar-refractivity contribution is 6.02. The normalized spacial score (nSPS) is 11.7. The maximum Gasteiger partial charge on any atom is 0.416 e. The van der Waals surface area contributed by atoms with Crippen LogP contribution >= 0.6 is 0 Å². The summed E-state index contributed by atoms with van der Waals surface area (Å²) in [5.74, 6) is -0.229. The van der Waals surface area contributed by atoms with Gasteiger partial charge in [0.25, 0.3) is 5.91 Å². The van der Waals surface area contributed by atoms with E-state index in [-0.39, 0.29) is 11.4 Å². The minimum absolute atomic E-state index is 0.220. The van der Waals surface area contributed by atoms with Crippen molar-refractivity contribution in [3.63, 3.8) is 0 Å². The van der Waals surface area contributed by atoms with Crippen LogP contribution in [0.2, 0.25) is 0 Å². The number of halogens is 3. The third-order valence-electron chi connectivity index (χ3n) is 4.36. The van der Waals surface area contributed by atoms with Crippen LogP contribution in [0.5, 0.6) is 0 Å². The number of pyridine rings is 1. The molecule has 0 unspecified atom stereocenters. The molecule has 29 heavy (non-hydrogen) atoms. The van der Waals surface area contributed by atoms with Gasteiger partial charge in [-0.1, -0.05) is 18.2 Å². The predicted molar refractivity (Wildman–Crippen MR) is 107 cm³/mol. The molecule has 0 fully saturated rings. The van der Waals surface area contributed by atoms with E-state index in [0.717, 1.165) is 12.1 Å². The van der Waals surface area contributed by atoms with E-state index in [9.17, 15) is 18.0 Å². The monoisotopic (exact) mass is 402 g/mol. The van der Waals surface area contributed by atoms with E-state index >= 15 is 0 Å². The van der Waals surface area contributed by atoms with E-state index in [0.29, 0.717) is 35.4 Å². The fourth-order valence-electron chi connectivity index (χ4n) is 2.86. The van der Waals surface area contributed by atoms with Crippen molar-refractivity contribution in [1.29, 1.82) is 0 Å². The molecule has 0 saturated heterocycles. The predicted octanol–water partition coefficient (Wildman–Crippen LogP) is 4.29. The number of aromatic nitrogens is 1. The van der Waals surface area contributed by atoms with Gasteiger partial charge in [-0.2, -0.15) is 13.2 Å². The molecule has 1 heterocycles. The van der Waals surface area contributed by atoms with Gasteiger partial charge in [0, 0.05) is 30.4 Å². The fourth-order valence-corrected chi connectivity index (χ4v) is 2.86. The van der Waals surface area contributed by atoms with Crippen molar-refractivity contribution in [2.24, 2.45) is 0 Å². The Morgan fingerprint density at radius 2 is 1.83 bits per heavy atom. The van der Waals surface area contributed by atoms with Crippen LogP contribution < -0.4 is 10.6 Å².